The molecular weight excluding hydrogens is 307 g/mol. The number of alkyl halides is 1. The molecule has 1 aromatic carbocycles. The Morgan fingerprint density at radius 3 is 2.69 bits per heavy atom. The second-order valence-electron chi connectivity index (χ2n) is 2.34. The summed E-state index contributed by atoms with van der Waals surface area (Å²) in [6.07, 6.45) is 0. The summed E-state index contributed by atoms with van der Waals surface area (Å²) in [5.41, 5.74) is -0.122. The molecule has 0 saturated carbocycles. The second-order valence-corrected chi connectivity index (χ2v) is 3.82. The van der Waals surface area contributed by atoms with E-state index in [4.69, 9.17) is 5.11 Å². The van der Waals surface area contributed by atoms with Gasteiger partial charge >= 0.3 is 0 Å². The molecule has 70 valence electrons. The molecule has 1 N–H and O–H groups in total. The molecule has 0 aromatic heterocycles. The van der Waals surface area contributed by atoms with E-state index in [0.29, 0.717) is 4.47 Å². The molecule has 0 heterocycles. The quantitative estimate of drug-likeness (QED) is 0.673. The predicted octanol–water partition coefficient (Wildman–Crippen LogP) is 2.87. The minimum Gasteiger partial charge on any atom is -0.505 e. The smallest absolute Gasteiger partial charge is 0.176 e. The van der Waals surface area contributed by atoms with Gasteiger partial charge in [-0.25, -0.2) is 4.39 Å². The monoisotopic (exact) mass is 310 g/mol. The summed E-state index contributed by atoms with van der Waals surface area (Å²) in [5, 5.41) is 9.08. The van der Waals surface area contributed by atoms with E-state index in [1.807, 2.05) is 0 Å². The number of benzene rings is 1. The lowest BCUT2D eigenvalue weighted by Crippen LogP contribution is -2.03. The molecule has 0 aliphatic rings. The normalized spacial score (nSPS) is 10.1. The summed E-state index contributed by atoms with van der Waals surface area (Å²) in [5.74, 6) is -1.82. The molecule has 0 spiro atoms. The van der Waals surface area contributed by atoms with Crippen molar-refractivity contribution >= 4 is 37.6 Å². The molecule has 1 rings (SSSR count). The summed E-state index contributed by atoms with van der Waals surface area (Å²) >= 11 is 5.97. The summed E-state index contributed by atoms with van der Waals surface area (Å²) in [6.45, 7) is 0. The van der Waals surface area contributed by atoms with E-state index in [0.717, 1.165) is 0 Å². The Morgan fingerprint density at radius 1 is 1.54 bits per heavy atom. The fraction of sp³-hybridized carbons (Fsp3) is 0.125. The van der Waals surface area contributed by atoms with E-state index in [-0.39, 0.29) is 10.9 Å². The fourth-order valence-corrected chi connectivity index (χ4v) is 1.60. The number of hydrogen-bond donors (Lipinski definition) is 1. The summed E-state index contributed by atoms with van der Waals surface area (Å²) in [4.78, 5) is 11.1. The van der Waals surface area contributed by atoms with Crippen molar-refractivity contribution in [3.05, 3.63) is 28.0 Å². The maximum atomic E-state index is 13.1. The molecule has 0 saturated heterocycles. The van der Waals surface area contributed by atoms with Crippen LogP contribution in [-0.2, 0) is 0 Å². The molecular formula is C8H5Br2FO2. The third-order valence-corrected chi connectivity index (χ3v) is 2.41. The van der Waals surface area contributed by atoms with Gasteiger partial charge in [-0.3, -0.25) is 4.79 Å². The number of carbonyl (C=O) groups excluding carboxylic acids is 1. The topological polar surface area (TPSA) is 37.3 Å². The molecule has 0 unspecified atom stereocenters. The van der Waals surface area contributed by atoms with Gasteiger partial charge in [-0.05, 0) is 12.1 Å². The van der Waals surface area contributed by atoms with Crippen molar-refractivity contribution in [1.29, 1.82) is 0 Å². The minimum absolute atomic E-state index is 0.0276. The Kier molecular flexibility index (Phi) is 3.44. The molecule has 0 atom stereocenters. The van der Waals surface area contributed by atoms with Crippen molar-refractivity contribution in [1.82, 2.24) is 0 Å². The van der Waals surface area contributed by atoms with E-state index in [9.17, 15) is 9.18 Å². The average Bonchev–Trinajstić information content (AvgIpc) is 2.10. The van der Waals surface area contributed by atoms with Gasteiger partial charge < -0.3 is 5.11 Å². The molecule has 1 aromatic rings. The van der Waals surface area contributed by atoms with E-state index in [2.05, 4.69) is 31.9 Å². The fourth-order valence-electron chi connectivity index (χ4n) is 0.850. The highest BCUT2D eigenvalue weighted by atomic mass is 79.9. The van der Waals surface area contributed by atoms with Crippen LogP contribution in [0.15, 0.2) is 16.6 Å². The van der Waals surface area contributed by atoms with E-state index in [1.165, 1.54) is 12.1 Å². The Labute approximate surface area is 91.0 Å². The van der Waals surface area contributed by atoms with Crippen LogP contribution in [0.4, 0.5) is 4.39 Å². The summed E-state index contributed by atoms with van der Waals surface area (Å²) < 4.78 is 13.6. The summed E-state index contributed by atoms with van der Waals surface area (Å²) in [6, 6.07) is 2.53. The lowest BCUT2D eigenvalue weighted by Gasteiger charge is -2.02. The van der Waals surface area contributed by atoms with E-state index < -0.39 is 17.3 Å². The first-order valence-corrected chi connectivity index (χ1v) is 5.25. The third kappa shape index (κ3) is 2.28. The van der Waals surface area contributed by atoms with Crippen LogP contribution in [0.1, 0.15) is 10.4 Å². The van der Waals surface area contributed by atoms with Gasteiger partial charge in [0.2, 0.25) is 0 Å². The van der Waals surface area contributed by atoms with Crippen molar-refractivity contribution in [3.63, 3.8) is 0 Å². The van der Waals surface area contributed by atoms with E-state index in [1.54, 1.807) is 0 Å². The van der Waals surface area contributed by atoms with Crippen molar-refractivity contribution in [3.8, 4) is 5.75 Å². The Balaban J connectivity index is 3.28. The van der Waals surface area contributed by atoms with E-state index >= 15 is 0 Å². The van der Waals surface area contributed by atoms with Crippen molar-refractivity contribution in [2.24, 2.45) is 0 Å². The number of halogens is 3. The molecule has 0 amide bonds. The number of rotatable bonds is 2. The molecule has 5 heteroatoms. The highest BCUT2D eigenvalue weighted by molar-refractivity contribution is 9.10. The van der Waals surface area contributed by atoms with Gasteiger partial charge in [0.05, 0.1) is 10.9 Å². The zero-order valence-electron chi connectivity index (χ0n) is 6.35. The first kappa shape index (κ1) is 10.7. The average molecular weight is 312 g/mol. The first-order chi connectivity index (χ1) is 6.06. The van der Waals surface area contributed by atoms with Gasteiger partial charge in [-0.15, -0.1) is 0 Å². The van der Waals surface area contributed by atoms with Crippen molar-refractivity contribution in [2.45, 2.75) is 0 Å². The second kappa shape index (κ2) is 4.19. The zero-order chi connectivity index (χ0) is 10.0. The molecule has 0 fully saturated rings. The summed E-state index contributed by atoms with van der Waals surface area (Å²) in [7, 11) is 0. The first-order valence-electron chi connectivity index (χ1n) is 3.33. The molecule has 0 aliphatic carbocycles. The number of ketones is 1. The Bertz CT molecular complexity index is 352. The van der Waals surface area contributed by atoms with Crippen LogP contribution in [0.25, 0.3) is 0 Å². The van der Waals surface area contributed by atoms with Crippen molar-refractivity contribution < 1.29 is 14.3 Å². The largest absolute Gasteiger partial charge is 0.505 e. The van der Waals surface area contributed by atoms with Crippen LogP contribution < -0.4 is 0 Å². The maximum absolute atomic E-state index is 13.1. The standard InChI is InChI=1S/C8H5Br2FO2/c9-3-7(13)5-1-4(10)2-6(12)8(5)11/h1-2,12H,3H2. The molecule has 13 heavy (non-hydrogen) atoms. The van der Waals surface area contributed by atoms with Crippen LogP contribution in [0.2, 0.25) is 0 Å². The number of phenols is 1. The van der Waals surface area contributed by atoms with Crippen LogP contribution in [0, 0.1) is 5.82 Å². The third-order valence-electron chi connectivity index (χ3n) is 1.44. The van der Waals surface area contributed by atoms with Gasteiger partial charge in [-0.1, -0.05) is 31.9 Å². The minimum atomic E-state index is -0.882. The molecule has 0 radical (unpaired) electrons. The highest BCUT2D eigenvalue weighted by Gasteiger charge is 2.14. The van der Waals surface area contributed by atoms with Crippen molar-refractivity contribution in [2.75, 3.05) is 5.33 Å². The number of Topliss-reactive ketones (excluding diaryl/α,β-unsaturated/α-hetero) is 1. The van der Waals surface area contributed by atoms with Gasteiger partial charge in [0.15, 0.2) is 17.3 Å². The Hall–Kier alpha value is -0.420. The van der Waals surface area contributed by atoms with Crippen LogP contribution in [0.5, 0.6) is 5.75 Å². The lowest BCUT2D eigenvalue weighted by atomic mass is 10.1. The maximum Gasteiger partial charge on any atom is 0.176 e. The number of carbonyl (C=O) groups is 1. The van der Waals surface area contributed by atoms with Crippen LogP contribution in [0.3, 0.4) is 0 Å². The van der Waals surface area contributed by atoms with Crippen LogP contribution >= 0.6 is 31.9 Å². The van der Waals surface area contributed by atoms with Crippen LogP contribution in [-0.4, -0.2) is 16.2 Å². The molecule has 0 bridgehead atoms. The number of hydrogen-bond acceptors (Lipinski definition) is 2. The number of phenolic OH excluding ortho intramolecular Hbond substituents is 1. The zero-order valence-corrected chi connectivity index (χ0v) is 9.52. The van der Waals surface area contributed by atoms with Gasteiger partial charge in [0, 0.05) is 4.47 Å². The predicted molar refractivity (Wildman–Crippen MR) is 53.9 cm³/mol. The molecule has 0 aliphatic heterocycles. The lowest BCUT2D eigenvalue weighted by molar-refractivity contribution is 0.101. The number of aromatic hydroxyl groups is 1. The van der Waals surface area contributed by atoms with Gasteiger partial charge in [-0.2, -0.15) is 0 Å². The van der Waals surface area contributed by atoms with Gasteiger partial charge in [0.25, 0.3) is 0 Å². The molecule has 2 nitrogen and oxygen atoms in total. The SMILES string of the molecule is O=C(CBr)c1cc(Br)cc(O)c1F. The highest BCUT2D eigenvalue weighted by Crippen LogP contribution is 2.25. The van der Waals surface area contributed by atoms with Gasteiger partial charge in [0.1, 0.15) is 0 Å². The Morgan fingerprint density at radius 2 is 2.15 bits per heavy atom.